The molecule has 0 aromatic carbocycles. The van der Waals surface area contributed by atoms with Crippen LogP contribution in [0.25, 0.3) is 0 Å². The van der Waals surface area contributed by atoms with Crippen LogP contribution >= 0.6 is 34.8 Å². The zero-order valence-electron chi connectivity index (χ0n) is 9.60. The van der Waals surface area contributed by atoms with E-state index in [4.69, 9.17) is 39.5 Å². The fourth-order valence-electron chi connectivity index (χ4n) is 1.16. The molecule has 0 bridgehead atoms. The van der Waals surface area contributed by atoms with Crippen molar-refractivity contribution in [3.8, 4) is 0 Å². The molecule has 0 spiro atoms. The highest BCUT2D eigenvalue weighted by Crippen LogP contribution is 2.32. The summed E-state index contributed by atoms with van der Waals surface area (Å²) in [6, 6.07) is 0. The highest BCUT2D eigenvalue weighted by molar-refractivity contribution is 6.68. The molecule has 0 fully saturated rings. The Morgan fingerprint density at radius 2 is 1.80 bits per heavy atom. The lowest BCUT2D eigenvalue weighted by Crippen LogP contribution is -2.38. The van der Waals surface area contributed by atoms with Crippen molar-refractivity contribution in [2.45, 2.75) is 36.1 Å². The molecule has 0 radical (unpaired) electrons. The fourth-order valence-corrected chi connectivity index (χ4v) is 1.56. The van der Waals surface area contributed by atoms with Crippen LogP contribution in [-0.4, -0.2) is 42.0 Å². The first-order chi connectivity index (χ1) is 6.88. The third-order valence-electron chi connectivity index (χ3n) is 1.96. The minimum Gasteiger partial charge on any atom is -0.372 e. The Bertz CT molecular complexity index is 159. The van der Waals surface area contributed by atoms with E-state index < -0.39 is 3.79 Å². The van der Waals surface area contributed by atoms with Gasteiger partial charge in [0.2, 0.25) is 3.79 Å². The maximum atomic E-state index is 5.84. The van der Waals surface area contributed by atoms with Crippen LogP contribution in [-0.2, 0) is 4.74 Å². The van der Waals surface area contributed by atoms with Crippen LogP contribution in [0.5, 0.6) is 0 Å². The third-order valence-corrected chi connectivity index (χ3v) is 2.69. The zero-order chi connectivity index (χ0) is 11.9. The van der Waals surface area contributed by atoms with Crippen molar-refractivity contribution in [1.82, 2.24) is 4.90 Å². The van der Waals surface area contributed by atoms with Gasteiger partial charge in [-0.25, -0.2) is 0 Å². The number of ether oxygens (including phenoxy) is 1. The van der Waals surface area contributed by atoms with E-state index in [-0.39, 0.29) is 6.10 Å². The molecule has 5 heteroatoms. The van der Waals surface area contributed by atoms with Gasteiger partial charge in [0.05, 0.1) is 0 Å². The Morgan fingerprint density at radius 3 is 2.20 bits per heavy atom. The van der Waals surface area contributed by atoms with Gasteiger partial charge in [-0.2, -0.15) is 0 Å². The molecular weight excluding hydrogens is 256 g/mol. The lowest BCUT2D eigenvalue weighted by atomic mass is 10.2. The van der Waals surface area contributed by atoms with Crippen molar-refractivity contribution in [3.63, 3.8) is 0 Å². The highest BCUT2D eigenvalue weighted by atomic mass is 35.6. The van der Waals surface area contributed by atoms with E-state index in [1.165, 1.54) is 0 Å². The van der Waals surface area contributed by atoms with Gasteiger partial charge in [-0.3, -0.25) is 0 Å². The smallest absolute Gasteiger partial charge is 0.217 e. The number of likely N-dealkylation sites (N-methyl/N-ethyl adjacent to an activating group) is 1. The molecule has 15 heavy (non-hydrogen) atoms. The average Bonchev–Trinajstić information content (AvgIpc) is 2.08. The first kappa shape index (κ1) is 15.8. The van der Waals surface area contributed by atoms with Crippen LogP contribution in [0.2, 0.25) is 0 Å². The van der Waals surface area contributed by atoms with E-state index in [0.717, 1.165) is 19.3 Å². The first-order valence-electron chi connectivity index (χ1n) is 5.21. The molecule has 92 valence electrons. The van der Waals surface area contributed by atoms with Crippen molar-refractivity contribution in [3.05, 3.63) is 0 Å². The third kappa shape index (κ3) is 8.58. The summed E-state index contributed by atoms with van der Waals surface area (Å²) < 4.78 is 4.23. The minimum absolute atomic E-state index is 0.366. The Balaban J connectivity index is 3.92. The summed E-state index contributed by atoms with van der Waals surface area (Å²) in [6.45, 7) is 3.41. The van der Waals surface area contributed by atoms with Crippen LogP contribution in [0.3, 0.4) is 0 Å². The molecule has 1 atom stereocenters. The van der Waals surface area contributed by atoms with Crippen LogP contribution in [0, 0.1) is 0 Å². The summed E-state index contributed by atoms with van der Waals surface area (Å²) in [6.07, 6.45) is 2.96. The van der Waals surface area contributed by atoms with E-state index in [0.29, 0.717) is 13.2 Å². The molecule has 1 unspecified atom stereocenters. The SMILES string of the molecule is CCCCCOC(CN(C)C)C(Cl)(Cl)Cl. The number of alkyl halides is 3. The fraction of sp³-hybridized carbons (Fsp3) is 1.00. The van der Waals surface area contributed by atoms with E-state index in [1.807, 2.05) is 19.0 Å². The van der Waals surface area contributed by atoms with Gasteiger partial charge in [-0.15, -0.1) is 0 Å². The number of rotatable bonds is 7. The van der Waals surface area contributed by atoms with E-state index >= 15 is 0 Å². The van der Waals surface area contributed by atoms with E-state index in [1.54, 1.807) is 0 Å². The van der Waals surface area contributed by atoms with Crippen LogP contribution in [0.1, 0.15) is 26.2 Å². The summed E-state index contributed by atoms with van der Waals surface area (Å²) in [5.74, 6) is 0. The molecule has 2 nitrogen and oxygen atoms in total. The van der Waals surface area contributed by atoms with Crippen LogP contribution in [0.15, 0.2) is 0 Å². The molecule has 0 saturated heterocycles. The molecule has 0 N–H and O–H groups in total. The van der Waals surface area contributed by atoms with Crippen LogP contribution < -0.4 is 0 Å². The molecule has 0 aromatic heterocycles. The number of nitrogens with zero attached hydrogens (tertiary/aromatic N) is 1. The largest absolute Gasteiger partial charge is 0.372 e. The summed E-state index contributed by atoms with van der Waals surface area (Å²) in [5, 5.41) is 0. The Hall–Kier alpha value is 0.790. The first-order valence-corrected chi connectivity index (χ1v) is 6.34. The second-order valence-electron chi connectivity index (χ2n) is 3.87. The molecule has 0 aliphatic carbocycles. The number of hydrogen-bond donors (Lipinski definition) is 0. The van der Waals surface area contributed by atoms with Crippen molar-refractivity contribution >= 4 is 34.8 Å². The second-order valence-corrected chi connectivity index (χ2v) is 6.24. The van der Waals surface area contributed by atoms with Gasteiger partial charge < -0.3 is 9.64 Å². The highest BCUT2D eigenvalue weighted by Gasteiger charge is 2.33. The summed E-state index contributed by atoms with van der Waals surface area (Å²) >= 11 is 17.5. The normalized spacial score (nSPS) is 14.6. The quantitative estimate of drug-likeness (QED) is 0.521. The van der Waals surface area contributed by atoms with Crippen molar-refractivity contribution in [2.24, 2.45) is 0 Å². The molecule has 0 saturated carbocycles. The number of unbranched alkanes of at least 4 members (excludes halogenated alkanes) is 2. The van der Waals surface area contributed by atoms with Gasteiger partial charge in [0.25, 0.3) is 0 Å². The molecule has 0 aliphatic heterocycles. The summed E-state index contributed by atoms with van der Waals surface area (Å²) in [7, 11) is 3.86. The van der Waals surface area contributed by atoms with Gasteiger partial charge in [0.15, 0.2) is 0 Å². The topological polar surface area (TPSA) is 12.5 Å². The Morgan fingerprint density at radius 1 is 1.20 bits per heavy atom. The lowest BCUT2D eigenvalue weighted by molar-refractivity contribution is 0.0363. The molecular formula is C10H20Cl3NO. The van der Waals surface area contributed by atoms with Crippen LogP contribution in [0.4, 0.5) is 0 Å². The van der Waals surface area contributed by atoms with Gasteiger partial charge in [-0.1, -0.05) is 54.6 Å². The molecule has 0 heterocycles. The standard InChI is InChI=1S/C10H20Cl3NO/c1-4-5-6-7-15-9(8-14(2)3)10(11,12)13/h9H,4-8H2,1-3H3. The average molecular weight is 277 g/mol. The van der Waals surface area contributed by atoms with Gasteiger partial charge in [-0.05, 0) is 20.5 Å². The van der Waals surface area contributed by atoms with Gasteiger partial charge >= 0.3 is 0 Å². The zero-order valence-corrected chi connectivity index (χ0v) is 11.9. The number of halogens is 3. The van der Waals surface area contributed by atoms with Gasteiger partial charge in [0, 0.05) is 13.2 Å². The van der Waals surface area contributed by atoms with Crippen molar-refractivity contribution in [1.29, 1.82) is 0 Å². The predicted octanol–water partition coefficient (Wildman–Crippen LogP) is 3.49. The summed E-state index contributed by atoms with van der Waals surface area (Å²) in [5.41, 5.74) is 0. The Labute approximate surface area is 108 Å². The minimum atomic E-state index is -1.35. The maximum Gasteiger partial charge on any atom is 0.217 e. The molecule has 0 aliphatic rings. The van der Waals surface area contributed by atoms with Crippen molar-refractivity contribution in [2.75, 3.05) is 27.2 Å². The maximum absolute atomic E-state index is 5.84. The van der Waals surface area contributed by atoms with E-state index in [2.05, 4.69) is 6.92 Å². The second kappa shape index (κ2) is 7.97. The molecule has 0 aromatic rings. The summed E-state index contributed by atoms with van der Waals surface area (Å²) in [4.78, 5) is 1.95. The predicted molar refractivity (Wildman–Crippen MR) is 68.1 cm³/mol. The molecule has 0 amide bonds. The molecule has 0 rings (SSSR count). The van der Waals surface area contributed by atoms with E-state index in [9.17, 15) is 0 Å². The lowest BCUT2D eigenvalue weighted by Gasteiger charge is -2.27. The monoisotopic (exact) mass is 275 g/mol. The van der Waals surface area contributed by atoms with Gasteiger partial charge in [0.1, 0.15) is 6.10 Å². The Kier molecular flexibility index (Phi) is 8.39. The van der Waals surface area contributed by atoms with Crippen molar-refractivity contribution < 1.29 is 4.74 Å². The number of hydrogen-bond acceptors (Lipinski definition) is 2.